The fourth-order valence-corrected chi connectivity index (χ4v) is 1.47. The van der Waals surface area contributed by atoms with Crippen LogP contribution in [0.3, 0.4) is 0 Å². The largest absolute Gasteiger partial charge is 0.481 e. The van der Waals surface area contributed by atoms with E-state index in [1.54, 1.807) is 0 Å². The van der Waals surface area contributed by atoms with Crippen LogP contribution in [0.5, 0.6) is 0 Å². The maximum atomic E-state index is 11.6. The molecule has 2 N–H and O–H groups in total. The van der Waals surface area contributed by atoms with Crippen molar-refractivity contribution in [2.24, 2.45) is 0 Å². The van der Waals surface area contributed by atoms with Crippen molar-refractivity contribution < 1.29 is 19.4 Å². The maximum absolute atomic E-state index is 11.6. The first-order valence-corrected chi connectivity index (χ1v) is 6.37. The van der Waals surface area contributed by atoms with Crippen molar-refractivity contribution in [1.29, 1.82) is 0 Å². The second-order valence-corrected chi connectivity index (χ2v) is 5.35. The van der Waals surface area contributed by atoms with Crippen LogP contribution in [0.15, 0.2) is 0 Å². The van der Waals surface area contributed by atoms with E-state index in [1.165, 1.54) is 0 Å². The van der Waals surface area contributed by atoms with Crippen molar-refractivity contribution in [3.8, 4) is 0 Å². The molecule has 0 aromatic carbocycles. The van der Waals surface area contributed by atoms with Crippen molar-refractivity contribution in [1.82, 2.24) is 5.32 Å². The molecule has 5 heteroatoms. The molecule has 0 aliphatic heterocycles. The molecule has 1 amide bonds. The van der Waals surface area contributed by atoms with Gasteiger partial charge in [-0.2, -0.15) is 0 Å². The summed E-state index contributed by atoms with van der Waals surface area (Å²) in [5, 5.41) is 11.4. The third kappa shape index (κ3) is 10.1. The van der Waals surface area contributed by atoms with Crippen molar-refractivity contribution >= 4 is 11.9 Å². The zero-order valence-electron chi connectivity index (χ0n) is 11.8. The third-order valence-electron chi connectivity index (χ3n) is 2.44. The summed E-state index contributed by atoms with van der Waals surface area (Å²) >= 11 is 0. The van der Waals surface area contributed by atoms with Gasteiger partial charge in [0.2, 0.25) is 5.91 Å². The highest BCUT2D eigenvalue weighted by molar-refractivity contribution is 5.76. The van der Waals surface area contributed by atoms with Gasteiger partial charge in [0.25, 0.3) is 0 Å². The van der Waals surface area contributed by atoms with Crippen molar-refractivity contribution in [3.63, 3.8) is 0 Å². The Kier molecular flexibility index (Phi) is 7.59. The highest BCUT2D eigenvalue weighted by Gasteiger charge is 2.21. The summed E-state index contributed by atoms with van der Waals surface area (Å²) in [7, 11) is 0. The second kappa shape index (κ2) is 8.08. The number of hydrogen-bond donors (Lipinski definition) is 2. The van der Waals surface area contributed by atoms with E-state index in [-0.39, 0.29) is 18.4 Å². The smallest absolute Gasteiger partial charge is 0.303 e. The Morgan fingerprint density at radius 3 is 2.39 bits per heavy atom. The molecule has 5 nitrogen and oxygen atoms in total. The number of rotatable bonds is 9. The summed E-state index contributed by atoms with van der Waals surface area (Å²) in [6, 6.07) is 0. The van der Waals surface area contributed by atoms with Crippen LogP contribution < -0.4 is 5.32 Å². The van der Waals surface area contributed by atoms with Gasteiger partial charge in [0, 0.05) is 25.0 Å². The van der Waals surface area contributed by atoms with E-state index in [1.807, 2.05) is 27.7 Å². The molecule has 0 aliphatic carbocycles. The molecular formula is C13H25NO4. The van der Waals surface area contributed by atoms with Crippen LogP contribution in [0.25, 0.3) is 0 Å². The van der Waals surface area contributed by atoms with E-state index in [0.717, 1.165) is 0 Å². The normalized spacial score (nSPS) is 11.6. The molecule has 0 radical (unpaired) electrons. The number of carbonyl (C=O) groups excluding carboxylic acids is 1. The number of ether oxygens (including phenoxy) is 1. The fourth-order valence-electron chi connectivity index (χ4n) is 1.47. The zero-order valence-corrected chi connectivity index (χ0v) is 11.8. The van der Waals surface area contributed by atoms with E-state index in [2.05, 4.69) is 5.32 Å². The average molecular weight is 259 g/mol. The van der Waals surface area contributed by atoms with Gasteiger partial charge >= 0.3 is 5.97 Å². The minimum absolute atomic E-state index is 0.0576. The SMILES string of the molecule is CC(C)OCCCC(=O)NC(C)(C)CCC(=O)O. The molecule has 0 aromatic rings. The highest BCUT2D eigenvalue weighted by Crippen LogP contribution is 2.11. The Morgan fingerprint density at radius 1 is 1.28 bits per heavy atom. The van der Waals surface area contributed by atoms with Crippen molar-refractivity contribution in [3.05, 3.63) is 0 Å². The Bertz CT molecular complexity index is 274. The molecule has 0 saturated heterocycles. The number of hydrogen-bond acceptors (Lipinski definition) is 3. The first-order chi connectivity index (χ1) is 8.23. The summed E-state index contributed by atoms with van der Waals surface area (Å²) in [5.41, 5.74) is -0.478. The lowest BCUT2D eigenvalue weighted by atomic mass is 9.98. The predicted octanol–water partition coefficient (Wildman–Crippen LogP) is 1.95. The second-order valence-electron chi connectivity index (χ2n) is 5.35. The van der Waals surface area contributed by atoms with E-state index in [9.17, 15) is 9.59 Å². The van der Waals surface area contributed by atoms with E-state index < -0.39 is 11.5 Å². The van der Waals surface area contributed by atoms with Gasteiger partial charge in [-0.15, -0.1) is 0 Å². The number of carbonyl (C=O) groups is 2. The Balaban J connectivity index is 3.81. The van der Waals surface area contributed by atoms with Gasteiger partial charge in [-0.1, -0.05) is 0 Å². The van der Waals surface area contributed by atoms with Crippen molar-refractivity contribution in [2.45, 2.75) is 65.0 Å². The molecule has 18 heavy (non-hydrogen) atoms. The van der Waals surface area contributed by atoms with E-state index in [0.29, 0.717) is 25.9 Å². The Hall–Kier alpha value is -1.10. The lowest BCUT2D eigenvalue weighted by molar-refractivity contribution is -0.137. The van der Waals surface area contributed by atoms with Gasteiger partial charge < -0.3 is 15.2 Å². The van der Waals surface area contributed by atoms with Gasteiger partial charge in [0.1, 0.15) is 0 Å². The fraction of sp³-hybridized carbons (Fsp3) is 0.846. The maximum Gasteiger partial charge on any atom is 0.303 e. The number of aliphatic carboxylic acids is 1. The van der Waals surface area contributed by atoms with E-state index >= 15 is 0 Å². The van der Waals surface area contributed by atoms with Crippen LogP contribution in [0.4, 0.5) is 0 Å². The molecule has 0 atom stereocenters. The summed E-state index contributed by atoms with van der Waals surface area (Å²) in [5.74, 6) is -0.902. The van der Waals surface area contributed by atoms with Crippen LogP contribution in [-0.2, 0) is 14.3 Å². The van der Waals surface area contributed by atoms with Crippen LogP contribution in [-0.4, -0.2) is 35.2 Å². The summed E-state index contributed by atoms with van der Waals surface area (Å²) < 4.78 is 5.34. The highest BCUT2D eigenvalue weighted by atomic mass is 16.5. The van der Waals surface area contributed by atoms with Crippen LogP contribution in [0.1, 0.15) is 53.4 Å². The van der Waals surface area contributed by atoms with E-state index in [4.69, 9.17) is 9.84 Å². The Morgan fingerprint density at radius 2 is 1.89 bits per heavy atom. The summed E-state index contributed by atoms with van der Waals surface area (Å²) in [6.45, 7) is 8.14. The van der Waals surface area contributed by atoms with Gasteiger partial charge in [0.15, 0.2) is 0 Å². The van der Waals surface area contributed by atoms with Crippen molar-refractivity contribution in [2.75, 3.05) is 6.61 Å². The molecule has 0 unspecified atom stereocenters. The molecular weight excluding hydrogens is 234 g/mol. The number of carboxylic acids is 1. The zero-order chi connectivity index (χ0) is 14.2. The van der Waals surface area contributed by atoms with Gasteiger partial charge in [-0.05, 0) is 40.5 Å². The predicted molar refractivity (Wildman–Crippen MR) is 69.4 cm³/mol. The minimum Gasteiger partial charge on any atom is -0.481 e. The minimum atomic E-state index is -0.845. The van der Waals surface area contributed by atoms with Gasteiger partial charge in [0.05, 0.1) is 6.10 Å². The molecule has 0 bridgehead atoms. The quantitative estimate of drug-likeness (QED) is 0.621. The molecule has 0 saturated carbocycles. The number of carboxylic acid groups (broad SMARTS) is 1. The number of amides is 1. The molecule has 0 heterocycles. The molecule has 106 valence electrons. The van der Waals surface area contributed by atoms with Gasteiger partial charge in [-0.25, -0.2) is 0 Å². The third-order valence-corrected chi connectivity index (χ3v) is 2.44. The lowest BCUT2D eigenvalue weighted by Gasteiger charge is -2.25. The average Bonchev–Trinajstić information content (AvgIpc) is 2.21. The monoisotopic (exact) mass is 259 g/mol. The molecule has 0 aliphatic rings. The van der Waals surface area contributed by atoms with Crippen LogP contribution in [0, 0.1) is 0 Å². The first kappa shape index (κ1) is 16.9. The summed E-state index contributed by atoms with van der Waals surface area (Å²) in [4.78, 5) is 22.1. The first-order valence-electron chi connectivity index (χ1n) is 6.37. The molecule has 0 aromatic heterocycles. The number of nitrogens with one attached hydrogen (secondary N) is 1. The molecule has 0 fully saturated rings. The van der Waals surface area contributed by atoms with Crippen LogP contribution in [0.2, 0.25) is 0 Å². The Labute approximate surface area is 109 Å². The van der Waals surface area contributed by atoms with Gasteiger partial charge in [-0.3, -0.25) is 9.59 Å². The summed E-state index contributed by atoms with van der Waals surface area (Å²) in [6.07, 6.45) is 1.75. The topological polar surface area (TPSA) is 75.6 Å². The molecule has 0 spiro atoms. The molecule has 0 rings (SSSR count). The standard InChI is InChI=1S/C13H25NO4/c1-10(2)18-9-5-6-11(15)14-13(3,4)8-7-12(16)17/h10H,5-9H2,1-4H3,(H,14,15)(H,16,17). The van der Waals surface area contributed by atoms with Crippen LogP contribution >= 0.6 is 0 Å². The lowest BCUT2D eigenvalue weighted by Crippen LogP contribution is -2.43.